The Morgan fingerprint density at radius 2 is 2.28 bits per heavy atom. The van der Waals surface area contributed by atoms with E-state index in [1.165, 1.54) is 5.56 Å². The molecule has 1 aromatic rings. The molecule has 0 atom stereocenters. The number of carboxylic acids is 1. The lowest BCUT2D eigenvalue weighted by molar-refractivity contribution is -0.142. The number of hydrogen-bond acceptors (Lipinski definition) is 3. The number of aliphatic carboxylic acids is 1. The molecular formula is C14H18O4. The smallest absolute Gasteiger partial charge is 0.329 e. The van der Waals surface area contributed by atoms with E-state index in [0.717, 1.165) is 24.2 Å². The zero-order chi connectivity index (χ0) is 13.2. The molecule has 0 unspecified atom stereocenters. The number of carboxylic acid groups (broad SMARTS) is 1. The summed E-state index contributed by atoms with van der Waals surface area (Å²) in [6, 6.07) is 6.11. The monoisotopic (exact) mass is 250 g/mol. The Labute approximate surface area is 107 Å². The van der Waals surface area contributed by atoms with Gasteiger partial charge in [-0.3, -0.25) is 0 Å². The van der Waals surface area contributed by atoms with Crippen LogP contribution in [0, 0.1) is 0 Å². The summed E-state index contributed by atoms with van der Waals surface area (Å²) in [5.74, 6) is 0.0225. The predicted octanol–water partition coefficient (Wildman–Crippen LogP) is 2.04. The minimum atomic E-state index is -0.931. The molecule has 4 nitrogen and oxygen atoms in total. The third kappa shape index (κ3) is 3.23. The second kappa shape index (κ2) is 4.98. The number of rotatable bonds is 5. The normalized spacial score (nSPS) is 16.1. The van der Waals surface area contributed by atoms with Crippen LogP contribution in [0.5, 0.6) is 5.75 Å². The minimum absolute atomic E-state index is 0.124. The van der Waals surface area contributed by atoms with Crippen LogP contribution in [-0.2, 0) is 22.4 Å². The van der Waals surface area contributed by atoms with Crippen LogP contribution >= 0.6 is 0 Å². The largest absolute Gasteiger partial charge is 0.487 e. The van der Waals surface area contributed by atoms with Crippen LogP contribution in [0.25, 0.3) is 0 Å². The van der Waals surface area contributed by atoms with E-state index >= 15 is 0 Å². The first kappa shape index (κ1) is 12.9. The van der Waals surface area contributed by atoms with Gasteiger partial charge in [0.2, 0.25) is 0 Å². The summed E-state index contributed by atoms with van der Waals surface area (Å²) in [6.45, 7) is 4.34. The summed E-state index contributed by atoms with van der Waals surface area (Å²) in [4.78, 5) is 10.3. The molecule has 0 spiro atoms. The molecule has 0 saturated heterocycles. The van der Waals surface area contributed by atoms with Gasteiger partial charge in [0, 0.05) is 6.42 Å². The molecule has 0 aliphatic carbocycles. The molecule has 2 rings (SSSR count). The summed E-state index contributed by atoms with van der Waals surface area (Å²) in [5.41, 5.74) is 2.25. The fraction of sp³-hybridized carbons (Fsp3) is 0.500. The molecule has 1 aliphatic rings. The zero-order valence-electron chi connectivity index (χ0n) is 10.7. The van der Waals surface area contributed by atoms with Gasteiger partial charge in [-0.15, -0.1) is 0 Å². The van der Waals surface area contributed by atoms with Crippen molar-refractivity contribution in [2.75, 3.05) is 13.2 Å². The van der Waals surface area contributed by atoms with E-state index in [9.17, 15) is 4.79 Å². The lowest BCUT2D eigenvalue weighted by Gasteiger charge is -2.16. The summed E-state index contributed by atoms with van der Waals surface area (Å²) in [5, 5.41) is 8.45. The molecule has 1 aliphatic heterocycles. The highest BCUT2D eigenvalue weighted by Gasteiger charge is 2.29. The van der Waals surface area contributed by atoms with Gasteiger partial charge in [-0.05, 0) is 37.5 Å². The summed E-state index contributed by atoms with van der Waals surface area (Å²) < 4.78 is 10.8. The first-order chi connectivity index (χ1) is 8.46. The van der Waals surface area contributed by atoms with E-state index in [-0.39, 0.29) is 12.2 Å². The van der Waals surface area contributed by atoms with Crippen molar-refractivity contribution in [3.63, 3.8) is 0 Å². The lowest BCUT2D eigenvalue weighted by atomic mass is 9.99. The van der Waals surface area contributed by atoms with E-state index in [0.29, 0.717) is 6.61 Å². The van der Waals surface area contributed by atoms with Crippen LogP contribution in [0.3, 0.4) is 0 Å². The van der Waals surface area contributed by atoms with Crippen molar-refractivity contribution in [1.82, 2.24) is 0 Å². The van der Waals surface area contributed by atoms with Crippen LogP contribution in [-0.4, -0.2) is 29.9 Å². The fourth-order valence-corrected chi connectivity index (χ4v) is 2.17. The van der Waals surface area contributed by atoms with Gasteiger partial charge in [0.15, 0.2) is 0 Å². The molecule has 1 N–H and O–H groups in total. The average molecular weight is 250 g/mol. The van der Waals surface area contributed by atoms with Crippen LogP contribution in [0.1, 0.15) is 25.0 Å². The van der Waals surface area contributed by atoms with Gasteiger partial charge in [-0.2, -0.15) is 0 Å². The number of fused-ring (bicyclic) bond motifs is 1. The number of ether oxygens (including phenoxy) is 2. The van der Waals surface area contributed by atoms with Crippen LogP contribution < -0.4 is 4.74 Å². The zero-order valence-corrected chi connectivity index (χ0v) is 10.7. The number of hydrogen-bond donors (Lipinski definition) is 1. The van der Waals surface area contributed by atoms with Crippen molar-refractivity contribution >= 4 is 5.97 Å². The second-order valence-corrected chi connectivity index (χ2v) is 5.18. The molecule has 0 aromatic heterocycles. The van der Waals surface area contributed by atoms with E-state index in [2.05, 4.69) is 19.9 Å². The van der Waals surface area contributed by atoms with Gasteiger partial charge in [0.1, 0.15) is 18.0 Å². The Bertz CT molecular complexity index is 451. The molecule has 4 heteroatoms. The molecule has 1 aromatic carbocycles. The highest BCUT2D eigenvalue weighted by Crippen LogP contribution is 2.35. The molecule has 0 radical (unpaired) electrons. The first-order valence-corrected chi connectivity index (χ1v) is 6.07. The maximum Gasteiger partial charge on any atom is 0.329 e. The van der Waals surface area contributed by atoms with Gasteiger partial charge < -0.3 is 14.6 Å². The van der Waals surface area contributed by atoms with E-state index in [1.54, 1.807) is 0 Å². The number of benzene rings is 1. The summed E-state index contributed by atoms with van der Waals surface area (Å²) in [6.07, 6.45) is 1.63. The van der Waals surface area contributed by atoms with Crippen molar-refractivity contribution in [1.29, 1.82) is 0 Å². The van der Waals surface area contributed by atoms with Gasteiger partial charge in [0.25, 0.3) is 0 Å². The molecule has 0 amide bonds. The lowest BCUT2D eigenvalue weighted by Crippen LogP contribution is -2.24. The topological polar surface area (TPSA) is 55.8 Å². The summed E-state index contributed by atoms with van der Waals surface area (Å²) in [7, 11) is 0. The SMILES string of the molecule is CC1(C)Cc2cc(CCOCC(=O)O)ccc2O1. The first-order valence-electron chi connectivity index (χ1n) is 6.07. The highest BCUT2D eigenvalue weighted by molar-refractivity contribution is 5.67. The molecule has 0 bridgehead atoms. The molecule has 98 valence electrons. The minimum Gasteiger partial charge on any atom is -0.487 e. The molecular weight excluding hydrogens is 232 g/mol. The van der Waals surface area contributed by atoms with E-state index in [4.69, 9.17) is 14.6 Å². The average Bonchev–Trinajstić information content (AvgIpc) is 2.57. The number of carbonyl (C=O) groups is 1. The Balaban J connectivity index is 1.91. The highest BCUT2D eigenvalue weighted by atomic mass is 16.5. The van der Waals surface area contributed by atoms with Gasteiger partial charge in [-0.1, -0.05) is 12.1 Å². The Morgan fingerprint density at radius 3 is 3.00 bits per heavy atom. The quantitative estimate of drug-likeness (QED) is 0.812. The third-order valence-corrected chi connectivity index (χ3v) is 2.89. The second-order valence-electron chi connectivity index (χ2n) is 5.18. The Morgan fingerprint density at radius 1 is 1.50 bits per heavy atom. The maximum absolute atomic E-state index is 10.3. The van der Waals surface area contributed by atoms with Crippen molar-refractivity contribution in [3.05, 3.63) is 29.3 Å². The van der Waals surface area contributed by atoms with Crippen molar-refractivity contribution < 1.29 is 19.4 Å². The van der Waals surface area contributed by atoms with Crippen molar-refractivity contribution in [2.45, 2.75) is 32.3 Å². The van der Waals surface area contributed by atoms with Crippen molar-refractivity contribution in [2.24, 2.45) is 0 Å². The molecule has 18 heavy (non-hydrogen) atoms. The van der Waals surface area contributed by atoms with E-state index < -0.39 is 5.97 Å². The van der Waals surface area contributed by atoms with Gasteiger partial charge in [0.05, 0.1) is 6.61 Å². The van der Waals surface area contributed by atoms with Gasteiger partial charge >= 0.3 is 5.97 Å². The molecule has 0 fully saturated rings. The van der Waals surface area contributed by atoms with Crippen molar-refractivity contribution in [3.8, 4) is 5.75 Å². The van der Waals surface area contributed by atoms with Crippen LogP contribution in [0.4, 0.5) is 0 Å². The summed E-state index contributed by atoms with van der Waals surface area (Å²) >= 11 is 0. The predicted molar refractivity (Wildman–Crippen MR) is 67.0 cm³/mol. The maximum atomic E-state index is 10.3. The van der Waals surface area contributed by atoms with Crippen LogP contribution in [0.2, 0.25) is 0 Å². The molecule has 1 heterocycles. The van der Waals surface area contributed by atoms with E-state index in [1.807, 2.05) is 12.1 Å². The Kier molecular flexibility index (Phi) is 3.57. The van der Waals surface area contributed by atoms with Gasteiger partial charge in [-0.25, -0.2) is 4.79 Å². The Hall–Kier alpha value is -1.55. The van der Waals surface area contributed by atoms with Crippen LogP contribution in [0.15, 0.2) is 18.2 Å². The third-order valence-electron chi connectivity index (χ3n) is 2.89. The molecule has 0 saturated carbocycles. The fourth-order valence-electron chi connectivity index (χ4n) is 2.17. The standard InChI is InChI=1S/C14H18O4/c1-14(2)8-11-7-10(3-4-12(11)18-14)5-6-17-9-13(15)16/h3-4,7H,5-6,8-9H2,1-2H3,(H,15,16).